The van der Waals surface area contributed by atoms with Crippen molar-refractivity contribution in [1.82, 2.24) is 10.2 Å². The van der Waals surface area contributed by atoms with Crippen molar-refractivity contribution in [2.24, 2.45) is 0 Å². The molecule has 1 amide bonds. The SMILES string of the molecule is COc1ccc(C(=O)Nc2nnc(N)s2)c(OC)c1OC. The molecule has 1 aromatic carbocycles. The van der Waals surface area contributed by atoms with Gasteiger partial charge in [0.1, 0.15) is 0 Å². The lowest BCUT2D eigenvalue weighted by molar-refractivity contribution is 0.102. The van der Waals surface area contributed by atoms with Crippen molar-refractivity contribution in [2.75, 3.05) is 32.4 Å². The van der Waals surface area contributed by atoms with E-state index in [0.29, 0.717) is 16.6 Å². The maximum Gasteiger partial charge on any atom is 0.261 e. The number of ether oxygens (including phenoxy) is 3. The van der Waals surface area contributed by atoms with E-state index in [4.69, 9.17) is 19.9 Å². The predicted molar refractivity (Wildman–Crippen MR) is 78.4 cm³/mol. The number of nitrogens with two attached hydrogens (primary N) is 1. The minimum absolute atomic E-state index is 0.268. The summed E-state index contributed by atoms with van der Waals surface area (Å²) in [6, 6.07) is 3.19. The molecule has 3 N–H and O–H groups in total. The van der Waals surface area contributed by atoms with Crippen LogP contribution in [0.2, 0.25) is 0 Å². The number of methoxy groups -OCH3 is 3. The lowest BCUT2D eigenvalue weighted by Crippen LogP contribution is -2.13. The number of nitrogens with one attached hydrogen (secondary N) is 1. The van der Waals surface area contributed by atoms with Gasteiger partial charge in [0.15, 0.2) is 11.5 Å². The number of aromatic nitrogens is 2. The van der Waals surface area contributed by atoms with Crippen LogP contribution in [0.1, 0.15) is 10.4 Å². The quantitative estimate of drug-likeness (QED) is 0.859. The summed E-state index contributed by atoms with van der Waals surface area (Å²) >= 11 is 1.07. The molecule has 1 heterocycles. The highest BCUT2D eigenvalue weighted by atomic mass is 32.1. The topological polar surface area (TPSA) is 109 Å². The Kier molecular flexibility index (Phi) is 4.43. The van der Waals surface area contributed by atoms with Gasteiger partial charge < -0.3 is 19.9 Å². The maximum absolute atomic E-state index is 12.3. The number of rotatable bonds is 5. The van der Waals surface area contributed by atoms with Crippen LogP contribution in [0, 0.1) is 0 Å². The van der Waals surface area contributed by atoms with E-state index in [-0.39, 0.29) is 16.4 Å². The number of nitrogens with zero attached hydrogens (tertiary/aromatic N) is 2. The summed E-state index contributed by atoms with van der Waals surface area (Å²) in [5, 5.41) is 10.5. The fraction of sp³-hybridized carbons (Fsp3) is 0.250. The molecule has 1 aromatic heterocycles. The Balaban J connectivity index is 2.36. The molecule has 21 heavy (non-hydrogen) atoms. The predicted octanol–water partition coefficient (Wildman–Crippen LogP) is 1.40. The molecule has 0 saturated carbocycles. The van der Waals surface area contributed by atoms with Crippen molar-refractivity contribution in [3.05, 3.63) is 17.7 Å². The van der Waals surface area contributed by atoms with Crippen molar-refractivity contribution in [3.8, 4) is 17.2 Å². The monoisotopic (exact) mass is 310 g/mol. The fourth-order valence-corrected chi connectivity index (χ4v) is 2.23. The Morgan fingerprint density at radius 2 is 1.86 bits per heavy atom. The van der Waals surface area contributed by atoms with E-state index >= 15 is 0 Å². The zero-order chi connectivity index (χ0) is 15.4. The molecule has 0 radical (unpaired) electrons. The van der Waals surface area contributed by atoms with Gasteiger partial charge in [0.25, 0.3) is 5.91 Å². The van der Waals surface area contributed by atoms with E-state index in [9.17, 15) is 4.79 Å². The Labute approximate surface area is 124 Å². The van der Waals surface area contributed by atoms with Crippen LogP contribution in [-0.2, 0) is 0 Å². The molecule has 2 aromatic rings. The number of anilines is 2. The summed E-state index contributed by atoms with van der Waals surface area (Å²) in [5.74, 6) is 0.659. The van der Waals surface area contributed by atoms with Crippen LogP contribution in [-0.4, -0.2) is 37.4 Å². The summed E-state index contributed by atoms with van der Waals surface area (Å²) in [7, 11) is 4.41. The number of benzene rings is 1. The second-order valence-corrected chi connectivity index (χ2v) is 4.79. The van der Waals surface area contributed by atoms with Crippen molar-refractivity contribution < 1.29 is 19.0 Å². The summed E-state index contributed by atoms with van der Waals surface area (Å²) in [6.07, 6.45) is 0. The average Bonchev–Trinajstić information content (AvgIpc) is 2.90. The normalized spacial score (nSPS) is 10.0. The van der Waals surface area contributed by atoms with Crippen LogP contribution in [0.4, 0.5) is 10.3 Å². The summed E-state index contributed by atoms with van der Waals surface area (Å²) in [6.45, 7) is 0. The Hall–Kier alpha value is -2.55. The first-order valence-corrected chi connectivity index (χ1v) is 6.61. The largest absolute Gasteiger partial charge is 0.493 e. The van der Waals surface area contributed by atoms with Gasteiger partial charge in [-0.2, -0.15) is 0 Å². The molecule has 0 unspecified atom stereocenters. The summed E-state index contributed by atoms with van der Waals surface area (Å²) < 4.78 is 15.6. The molecule has 0 aliphatic rings. The Morgan fingerprint density at radius 1 is 1.14 bits per heavy atom. The van der Waals surface area contributed by atoms with Gasteiger partial charge >= 0.3 is 0 Å². The number of carbonyl (C=O) groups is 1. The van der Waals surface area contributed by atoms with Crippen molar-refractivity contribution in [1.29, 1.82) is 0 Å². The highest BCUT2D eigenvalue weighted by Gasteiger charge is 2.21. The molecule has 112 valence electrons. The van der Waals surface area contributed by atoms with Crippen LogP contribution in [0.15, 0.2) is 12.1 Å². The maximum atomic E-state index is 12.3. The summed E-state index contributed by atoms with van der Waals surface area (Å²) in [4.78, 5) is 12.3. The van der Waals surface area contributed by atoms with E-state index < -0.39 is 5.91 Å². The molecule has 0 fully saturated rings. The standard InChI is InChI=1S/C12H14N4O4S/c1-18-7-5-4-6(8(19-2)9(7)20-3)10(17)14-12-16-15-11(13)21-12/h4-5H,1-3H3,(H2,13,15)(H,14,16,17). The van der Waals surface area contributed by atoms with Gasteiger partial charge in [-0.15, -0.1) is 10.2 Å². The lowest BCUT2D eigenvalue weighted by atomic mass is 10.1. The molecule has 0 aliphatic carbocycles. The lowest BCUT2D eigenvalue weighted by Gasteiger charge is -2.14. The summed E-state index contributed by atoms with van der Waals surface area (Å²) in [5.41, 5.74) is 5.75. The fourth-order valence-electron chi connectivity index (χ4n) is 1.73. The van der Waals surface area contributed by atoms with Gasteiger partial charge in [-0.05, 0) is 12.1 Å². The number of carbonyl (C=O) groups excluding carboxylic acids is 1. The second kappa shape index (κ2) is 6.27. The second-order valence-electron chi connectivity index (χ2n) is 3.78. The van der Waals surface area contributed by atoms with E-state index in [1.54, 1.807) is 12.1 Å². The molecule has 0 atom stereocenters. The molecule has 9 heteroatoms. The molecular formula is C12H14N4O4S. The van der Waals surface area contributed by atoms with Crippen molar-refractivity contribution >= 4 is 27.5 Å². The third-order valence-corrected chi connectivity index (χ3v) is 3.28. The van der Waals surface area contributed by atoms with E-state index in [1.165, 1.54) is 21.3 Å². The van der Waals surface area contributed by atoms with Gasteiger partial charge in [0.2, 0.25) is 16.0 Å². The first-order valence-electron chi connectivity index (χ1n) is 5.80. The van der Waals surface area contributed by atoms with Gasteiger partial charge in [-0.1, -0.05) is 11.3 Å². The minimum atomic E-state index is -0.413. The smallest absolute Gasteiger partial charge is 0.261 e. The first-order chi connectivity index (χ1) is 10.1. The highest BCUT2D eigenvalue weighted by Crippen LogP contribution is 2.40. The average molecular weight is 310 g/mol. The zero-order valence-corrected chi connectivity index (χ0v) is 12.5. The van der Waals surface area contributed by atoms with Gasteiger partial charge in [-0.3, -0.25) is 10.1 Å². The van der Waals surface area contributed by atoms with Gasteiger partial charge in [0.05, 0.1) is 26.9 Å². The minimum Gasteiger partial charge on any atom is -0.493 e. The third-order valence-electron chi connectivity index (χ3n) is 2.61. The molecule has 2 rings (SSSR count). The van der Waals surface area contributed by atoms with Gasteiger partial charge in [0, 0.05) is 0 Å². The van der Waals surface area contributed by atoms with Crippen LogP contribution >= 0.6 is 11.3 Å². The molecule has 0 bridgehead atoms. The van der Waals surface area contributed by atoms with E-state index in [1.807, 2.05) is 0 Å². The molecule has 0 saturated heterocycles. The number of hydrogen-bond acceptors (Lipinski definition) is 8. The van der Waals surface area contributed by atoms with Crippen LogP contribution < -0.4 is 25.3 Å². The Morgan fingerprint density at radius 3 is 2.38 bits per heavy atom. The number of hydrogen-bond donors (Lipinski definition) is 2. The molecule has 8 nitrogen and oxygen atoms in total. The van der Waals surface area contributed by atoms with Crippen LogP contribution in [0.5, 0.6) is 17.2 Å². The third kappa shape index (κ3) is 2.97. The van der Waals surface area contributed by atoms with Crippen molar-refractivity contribution in [3.63, 3.8) is 0 Å². The van der Waals surface area contributed by atoms with Crippen LogP contribution in [0.3, 0.4) is 0 Å². The first kappa shape index (κ1) is 14.9. The highest BCUT2D eigenvalue weighted by molar-refractivity contribution is 7.19. The number of amides is 1. The van der Waals surface area contributed by atoms with E-state index in [2.05, 4.69) is 15.5 Å². The van der Waals surface area contributed by atoms with Crippen molar-refractivity contribution in [2.45, 2.75) is 0 Å². The number of nitrogen functional groups attached to an aromatic ring is 1. The van der Waals surface area contributed by atoms with Crippen LogP contribution in [0.25, 0.3) is 0 Å². The zero-order valence-electron chi connectivity index (χ0n) is 11.7. The molecule has 0 spiro atoms. The van der Waals surface area contributed by atoms with Gasteiger partial charge in [-0.25, -0.2) is 0 Å². The van der Waals surface area contributed by atoms with E-state index in [0.717, 1.165) is 11.3 Å². The molecule has 0 aliphatic heterocycles. The molecular weight excluding hydrogens is 296 g/mol. The Bertz CT molecular complexity index is 659.